The molecule has 0 aromatic heterocycles. The fraction of sp³-hybridized carbons (Fsp3) is 0.786. The van der Waals surface area contributed by atoms with E-state index in [1.807, 2.05) is 6.92 Å². The predicted molar refractivity (Wildman–Crippen MR) is 62.6 cm³/mol. The maximum absolute atomic E-state index is 12.2. The normalized spacial score (nSPS) is 39.6. The van der Waals surface area contributed by atoms with Crippen LogP contribution in [-0.4, -0.2) is 5.78 Å². The number of Topliss-reactive ketones (excluding diaryl/α,β-unsaturated/α-hetero) is 1. The molecule has 0 amide bonds. The van der Waals surface area contributed by atoms with E-state index in [1.54, 1.807) is 0 Å². The molecule has 2 unspecified atom stereocenters. The number of carbonyl (C=O) groups is 1. The lowest BCUT2D eigenvalue weighted by Crippen LogP contribution is -2.49. The molecule has 1 heteroatoms. The highest BCUT2D eigenvalue weighted by molar-refractivity contribution is 5.98. The number of carbonyl (C=O) groups excluding carboxylic acids is 1. The number of hydrogen-bond acceptors (Lipinski definition) is 1. The monoisotopic (exact) mass is 206 g/mol. The second kappa shape index (κ2) is 3.20. The van der Waals surface area contributed by atoms with Gasteiger partial charge in [0, 0.05) is 5.92 Å². The van der Waals surface area contributed by atoms with Crippen molar-refractivity contribution >= 4 is 5.78 Å². The second-order valence-corrected chi connectivity index (χ2v) is 6.20. The second-order valence-electron chi connectivity index (χ2n) is 6.20. The molecule has 2 aliphatic rings. The molecule has 0 heterocycles. The zero-order valence-corrected chi connectivity index (χ0v) is 10.4. The molecule has 0 N–H and O–H groups in total. The first kappa shape index (κ1) is 10.9. The topological polar surface area (TPSA) is 17.1 Å². The van der Waals surface area contributed by atoms with E-state index >= 15 is 0 Å². The van der Waals surface area contributed by atoms with Gasteiger partial charge in [-0.1, -0.05) is 33.3 Å². The van der Waals surface area contributed by atoms with E-state index in [1.165, 1.54) is 12.8 Å². The van der Waals surface area contributed by atoms with Crippen molar-refractivity contribution in [1.82, 2.24) is 0 Å². The molecule has 0 aromatic carbocycles. The van der Waals surface area contributed by atoms with Crippen molar-refractivity contribution in [3.8, 4) is 0 Å². The van der Waals surface area contributed by atoms with Crippen molar-refractivity contribution in [3.05, 3.63) is 11.6 Å². The van der Waals surface area contributed by atoms with Gasteiger partial charge in [-0.05, 0) is 42.6 Å². The Morgan fingerprint density at radius 3 is 2.67 bits per heavy atom. The van der Waals surface area contributed by atoms with Gasteiger partial charge in [-0.15, -0.1) is 0 Å². The van der Waals surface area contributed by atoms with Crippen molar-refractivity contribution in [2.75, 3.05) is 0 Å². The molecular formula is C14H22O. The van der Waals surface area contributed by atoms with Crippen molar-refractivity contribution in [2.24, 2.45) is 16.7 Å². The maximum atomic E-state index is 12.2. The fourth-order valence-electron chi connectivity index (χ4n) is 3.40. The van der Waals surface area contributed by atoms with Gasteiger partial charge >= 0.3 is 0 Å². The van der Waals surface area contributed by atoms with E-state index in [9.17, 15) is 4.79 Å². The Morgan fingerprint density at radius 1 is 1.33 bits per heavy atom. The number of fused-ring (bicyclic) bond motifs is 1. The van der Waals surface area contributed by atoms with Gasteiger partial charge in [-0.25, -0.2) is 0 Å². The first-order chi connectivity index (χ1) is 6.88. The zero-order valence-electron chi connectivity index (χ0n) is 10.4. The van der Waals surface area contributed by atoms with Crippen LogP contribution in [0.3, 0.4) is 0 Å². The van der Waals surface area contributed by atoms with Crippen LogP contribution in [-0.2, 0) is 4.79 Å². The third-order valence-corrected chi connectivity index (χ3v) is 5.15. The van der Waals surface area contributed by atoms with Crippen LogP contribution in [0.5, 0.6) is 0 Å². The SMILES string of the molecule is CC1=CCC2(C)C(CCCC2(C)C)C1=O. The van der Waals surface area contributed by atoms with E-state index in [4.69, 9.17) is 0 Å². The minimum absolute atomic E-state index is 0.196. The number of ketones is 1. The molecule has 15 heavy (non-hydrogen) atoms. The smallest absolute Gasteiger partial charge is 0.161 e. The summed E-state index contributed by atoms with van der Waals surface area (Å²) >= 11 is 0. The highest BCUT2D eigenvalue weighted by Gasteiger charge is 2.52. The van der Waals surface area contributed by atoms with Crippen LogP contribution in [0, 0.1) is 16.7 Å². The summed E-state index contributed by atoms with van der Waals surface area (Å²) in [5, 5.41) is 0. The van der Waals surface area contributed by atoms with Gasteiger partial charge < -0.3 is 0 Å². The average molecular weight is 206 g/mol. The molecule has 1 fully saturated rings. The van der Waals surface area contributed by atoms with Gasteiger partial charge in [0.15, 0.2) is 5.78 Å². The Bertz CT molecular complexity index is 324. The summed E-state index contributed by atoms with van der Waals surface area (Å²) in [6.07, 6.45) is 6.82. The van der Waals surface area contributed by atoms with Crippen molar-refractivity contribution < 1.29 is 4.79 Å². The third kappa shape index (κ3) is 1.39. The van der Waals surface area contributed by atoms with Crippen molar-refractivity contribution in [2.45, 2.75) is 53.4 Å². The fourth-order valence-corrected chi connectivity index (χ4v) is 3.40. The molecule has 0 saturated heterocycles. The molecule has 1 nitrogen and oxygen atoms in total. The molecule has 0 aromatic rings. The molecular weight excluding hydrogens is 184 g/mol. The van der Waals surface area contributed by atoms with Crippen LogP contribution in [0.15, 0.2) is 11.6 Å². The molecule has 0 aliphatic heterocycles. The molecule has 0 bridgehead atoms. The Morgan fingerprint density at radius 2 is 2.00 bits per heavy atom. The van der Waals surface area contributed by atoms with Crippen LogP contribution in [0.2, 0.25) is 0 Å². The molecule has 2 aliphatic carbocycles. The van der Waals surface area contributed by atoms with E-state index in [2.05, 4.69) is 26.8 Å². The van der Waals surface area contributed by atoms with Gasteiger partial charge in [0.1, 0.15) is 0 Å². The minimum Gasteiger partial charge on any atom is -0.294 e. The van der Waals surface area contributed by atoms with Gasteiger partial charge in [-0.2, -0.15) is 0 Å². The summed E-state index contributed by atoms with van der Waals surface area (Å²) in [6, 6.07) is 0. The molecule has 2 atom stereocenters. The van der Waals surface area contributed by atoms with Crippen LogP contribution >= 0.6 is 0 Å². The quantitative estimate of drug-likeness (QED) is 0.590. The zero-order chi connectivity index (χ0) is 11.3. The van der Waals surface area contributed by atoms with Gasteiger partial charge in [0.2, 0.25) is 0 Å². The van der Waals surface area contributed by atoms with Crippen molar-refractivity contribution in [3.63, 3.8) is 0 Å². The van der Waals surface area contributed by atoms with E-state index in [0.717, 1.165) is 18.4 Å². The largest absolute Gasteiger partial charge is 0.294 e. The Labute approximate surface area is 92.9 Å². The maximum Gasteiger partial charge on any atom is 0.161 e. The van der Waals surface area contributed by atoms with Crippen LogP contribution in [0.1, 0.15) is 53.4 Å². The van der Waals surface area contributed by atoms with Crippen molar-refractivity contribution in [1.29, 1.82) is 0 Å². The number of rotatable bonds is 0. The third-order valence-electron chi connectivity index (χ3n) is 5.15. The summed E-state index contributed by atoms with van der Waals surface area (Å²) in [5.74, 6) is 0.697. The molecule has 0 spiro atoms. The van der Waals surface area contributed by atoms with Crippen LogP contribution in [0.4, 0.5) is 0 Å². The molecule has 84 valence electrons. The molecule has 2 rings (SSSR count). The van der Waals surface area contributed by atoms with Gasteiger partial charge in [0.05, 0.1) is 0 Å². The Balaban J connectivity index is 2.43. The first-order valence-electron chi connectivity index (χ1n) is 6.09. The van der Waals surface area contributed by atoms with Gasteiger partial charge in [-0.3, -0.25) is 4.79 Å². The van der Waals surface area contributed by atoms with E-state index in [-0.39, 0.29) is 11.3 Å². The molecule has 0 radical (unpaired) electrons. The number of hydrogen-bond donors (Lipinski definition) is 0. The highest BCUT2D eigenvalue weighted by atomic mass is 16.1. The number of allylic oxidation sites excluding steroid dienone is 2. The van der Waals surface area contributed by atoms with E-state index < -0.39 is 0 Å². The average Bonchev–Trinajstić information content (AvgIpc) is 2.16. The first-order valence-corrected chi connectivity index (χ1v) is 6.09. The predicted octanol–water partition coefficient (Wildman–Crippen LogP) is 3.74. The summed E-state index contributed by atoms with van der Waals surface area (Å²) in [7, 11) is 0. The summed E-state index contributed by atoms with van der Waals surface area (Å²) in [4.78, 5) is 12.2. The lowest BCUT2D eigenvalue weighted by Gasteiger charge is -2.54. The standard InChI is InChI=1S/C14H22O/c1-10-7-9-14(4)11(12(10)15)6-5-8-13(14,2)3/h7,11H,5-6,8-9H2,1-4H3. The lowest BCUT2D eigenvalue weighted by atomic mass is 9.50. The highest BCUT2D eigenvalue weighted by Crippen LogP contribution is 2.57. The van der Waals surface area contributed by atoms with Gasteiger partial charge in [0.25, 0.3) is 0 Å². The van der Waals surface area contributed by atoms with E-state index in [0.29, 0.717) is 11.2 Å². The summed E-state index contributed by atoms with van der Waals surface area (Å²) < 4.78 is 0. The minimum atomic E-state index is 0.196. The summed E-state index contributed by atoms with van der Waals surface area (Å²) in [6.45, 7) is 8.96. The Kier molecular flexibility index (Phi) is 2.33. The lowest BCUT2D eigenvalue weighted by molar-refractivity contribution is -0.132. The van der Waals surface area contributed by atoms with Crippen LogP contribution < -0.4 is 0 Å². The Hall–Kier alpha value is -0.590. The molecule has 1 saturated carbocycles. The summed E-state index contributed by atoms with van der Waals surface area (Å²) in [5.41, 5.74) is 1.50. The van der Waals surface area contributed by atoms with Crippen LogP contribution in [0.25, 0.3) is 0 Å².